The smallest absolute Gasteiger partial charge is 0.356 e. The molecule has 0 aromatic carbocycles. The summed E-state index contributed by atoms with van der Waals surface area (Å²) < 4.78 is 41.8. The first kappa shape index (κ1) is 19.7. The molecule has 1 amide bonds. The average Bonchev–Trinajstić information content (AvgIpc) is 2.94. The standard InChI is InChI=1S/C17H19BrF3N5O/c1-10-7-14(24-25(10)2)16(27)23-12-3-5-26(6-4-12)15-13(17(19,20)21)8-11(18)9-22-15/h7-9,12H,3-6H2,1-2H3,(H,23,27). The normalized spacial score (nSPS) is 15.9. The largest absolute Gasteiger partial charge is 0.419 e. The second kappa shape index (κ2) is 7.49. The number of pyridine rings is 1. The van der Waals surface area contributed by atoms with E-state index in [0.29, 0.717) is 31.6 Å². The van der Waals surface area contributed by atoms with E-state index in [0.717, 1.165) is 11.8 Å². The quantitative estimate of drug-likeness (QED) is 0.786. The molecule has 146 valence electrons. The molecule has 0 atom stereocenters. The second-order valence-electron chi connectivity index (χ2n) is 6.55. The molecule has 3 rings (SSSR count). The predicted molar refractivity (Wildman–Crippen MR) is 97.6 cm³/mol. The van der Waals surface area contributed by atoms with Gasteiger partial charge in [-0.2, -0.15) is 18.3 Å². The first-order valence-corrected chi connectivity index (χ1v) is 9.23. The Morgan fingerprint density at radius 3 is 2.52 bits per heavy atom. The van der Waals surface area contributed by atoms with E-state index in [4.69, 9.17) is 0 Å². The molecule has 2 aromatic heterocycles. The number of anilines is 1. The summed E-state index contributed by atoms with van der Waals surface area (Å²) in [5, 5.41) is 7.05. The van der Waals surface area contributed by atoms with Crippen LogP contribution in [0.15, 0.2) is 22.8 Å². The maximum absolute atomic E-state index is 13.3. The number of hydrogen-bond acceptors (Lipinski definition) is 4. The van der Waals surface area contributed by atoms with Crippen LogP contribution in [0.5, 0.6) is 0 Å². The number of aryl methyl sites for hydroxylation is 2. The number of halogens is 4. The zero-order valence-corrected chi connectivity index (χ0v) is 16.4. The van der Waals surface area contributed by atoms with Gasteiger partial charge in [0.2, 0.25) is 0 Å². The summed E-state index contributed by atoms with van der Waals surface area (Å²) in [4.78, 5) is 17.9. The highest BCUT2D eigenvalue weighted by atomic mass is 79.9. The predicted octanol–water partition coefficient (Wildman–Crippen LogP) is 3.30. The summed E-state index contributed by atoms with van der Waals surface area (Å²) >= 11 is 3.04. The Bertz CT molecular complexity index is 824. The van der Waals surface area contributed by atoms with Crippen molar-refractivity contribution in [2.75, 3.05) is 18.0 Å². The lowest BCUT2D eigenvalue weighted by Gasteiger charge is -2.34. The Labute approximate surface area is 162 Å². The Morgan fingerprint density at radius 1 is 1.30 bits per heavy atom. The summed E-state index contributed by atoms with van der Waals surface area (Å²) in [7, 11) is 1.76. The van der Waals surface area contributed by atoms with Crippen molar-refractivity contribution >= 4 is 27.7 Å². The van der Waals surface area contributed by atoms with E-state index in [1.54, 1.807) is 22.7 Å². The van der Waals surface area contributed by atoms with Gasteiger partial charge in [-0.1, -0.05) is 0 Å². The van der Waals surface area contributed by atoms with Gasteiger partial charge in [0.25, 0.3) is 5.91 Å². The second-order valence-corrected chi connectivity index (χ2v) is 7.47. The van der Waals surface area contributed by atoms with Gasteiger partial charge in [0, 0.05) is 42.5 Å². The van der Waals surface area contributed by atoms with Gasteiger partial charge in [-0.3, -0.25) is 9.48 Å². The van der Waals surface area contributed by atoms with Crippen molar-refractivity contribution < 1.29 is 18.0 Å². The van der Waals surface area contributed by atoms with Crippen LogP contribution in [-0.2, 0) is 13.2 Å². The highest BCUT2D eigenvalue weighted by Gasteiger charge is 2.37. The van der Waals surface area contributed by atoms with Crippen molar-refractivity contribution in [1.82, 2.24) is 20.1 Å². The Morgan fingerprint density at radius 2 is 1.96 bits per heavy atom. The number of nitrogens with one attached hydrogen (secondary N) is 1. The molecular weight excluding hydrogens is 427 g/mol. The zero-order valence-electron chi connectivity index (χ0n) is 14.8. The minimum Gasteiger partial charge on any atom is -0.356 e. The van der Waals surface area contributed by atoms with Crippen molar-refractivity contribution in [3.63, 3.8) is 0 Å². The van der Waals surface area contributed by atoms with E-state index >= 15 is 0 Å². The van der Waals surface area contributed by atoms with Gasteiger partial charge >= 0.3 is 6.18 Å². The number of alkyl halides is 3. The van der Waals surface area contributed by atoms with Gasteiger partial charge < -0.3 is 10.2 Å². The zero-order chi connectivity index (χ0) is 19.8. The van der Waals surface area contributed by atoms with Crippen LogP contribution in [0.3, 0.4) is 0 Å². The van der Waals surface area contributed by atoms with Gasteiger partial charge in [-0.05, 0) is 47.8 Å². The van der Waals surface area contributed by atoms with Crippen molar-refractivity contribution in [2.45, 2.75) is 32.0 Å². The molecule has 0 aliphatic carbocycles. The first-order valence-electron chi connectivity index (χ1n) is 8.44. The third-order valence-electron chi connectivity index (χ3n) is 4.61. The average molecular weight is 446 g/mol. The minimum atomic E-state index is -4.48. The van der Waals surface area contributed by atoms with Crippen LogP contribution in [0.25, 0.3) is 0 Å². The summed E-state index contributed by atoms with van der Waals surface area (Å²) in [5.74, 6) is -0.342. The van der Waals surface area contributed by atoms with Gasteiger partial charge in [0.05, 0.1) is 5.56 Å². The number of amides is 1. The monoisotopic (exact) mass is 445 g/mol. The molecule has 1 N–H and O–H groups in total. The fourth-order valence-electron chi connectivity index (χ4n) is 3.06. The molecular formula is C17H19BrF3N5O. The first-order chi connectivity index (χ1) is 12.6. The fraction of sp³-hybridized carbons (Fsp3) is 0.471. The van der Waals surface area contributed by atoms with Crippen LogP contribution in [0.1, 0.15) is 34.6 Å². The van der Waals surface area contributed by atoms with E-state index in [-0.39, 0.29) is 22.2 Å². The third-order valence-corrected chi connectivity index (χ3v) is 5.05. The van der Waals surface area contributed by atoms with Crippen molar-refractivity contribution in [2.24, 2.45) is 7.05 Å². The molecule has 1 saturated heterocycles. The SMILES string of the molecule is Cc1cc(C(=O)NC2CCN(c3ncc(Br)cc3C(F)(F)F)CC2)nn1C. The topological polar surface area (TPSA) is 63.1 Å². The summed E-state index contributed by atoms with van der Waals surface area (Å²) in [6.45, 7) is 2.61. The van der Waals surface area contributed by atoms with Crippen LogP contribution in [0.2, 0.25) is 0 Å². The summed E-state index contributed by atoms with van der Waals surface area (Å²) in [6.07, 6.45) is -2.05. The molecule has 6 nitrogen and oxygen atoms in total. The number of nitrogens with zero attached hydrogens (tertiary/aromatic N) is 4. The van der Waals surface area contributed by atoms with E-state index in [9.17, 15) is 18.0 Å². The van der Waals surface area contributed by atoms with E-state index in [1.165, 1.54) is 6.20 Å². The highest BCUT2D eigenvalue weighted by Crippen LogP contribution is 2.37. The van der Waals surface area contributed by atoms with Crippen LogP contribution >= 0.6 is 15.9 Å². The summed E-state index contributed by atoms with van der Waals surface area (Å²) in [6, 6.07) is 2.63. The van der Waals surface area contributed by atoms with Crippen LogP contribution in [-0.4, -0.2) is 39.8 Å². The van der Waals surface area contributed by atoms with E-state index in [2.05, 4.69) is 31.3 Å². The fourth-order valence-corrected chi connectivity index (χ4v) is 3.39. The lowest BCUT2D eigenvalue weighted by molar-refractivity contribution is -0.137. The maximum Gasteiger partial charge on any atom is 0.419 e. The molecule has 0 unspecified atom stereocenters. The number of rotatable bonds is 3. The van der Waals surface area contributed by atoms with Crippen molar-refractivity contribution in [3.05, 3.63) is 39.8 Å². The van der Waals surface area contributed by atoms with Gasteiger partial charge in [-0.15, -0.1) is 0 Å². The van der Waals surface area contributed by atoms with Crippen molar-refractivity contribution in [1.29, 1.82) is 0 Å². The minimum absolute atomic E-state index is 0.0733. The Kier molecular flexibility index (Phi) is 5.45. The summed E-state index contributed by atoms with van der Waals surface area (Å²) in [5.41, 5.74) is 0.450. The Balaban J connectivity index is 1.65. The van der Waals surface area contributed by atoms with Crippen LogP contribution in [0, 0.1) is 6.92 Å². The lowest BCUT2D eigenvalue weighted by Crippen LogP contribution is -2.45. The molecule has 1 aliphatic heterocycles. The molecule has 0 bridgehead atoms. The molecule has 10 heteroatoms. The molecule has 2 aromatic rings. The number of aromatic nitrogens is 3. The van der Waals surface area contributed by atoms with Crippen LogP contribution in [0.4, 0.5) is 19.0 Å². The number of hydrogen-bond donors (Lipinski definition) is 1. The van der Waals surface area contributed by atoms with Gasteiger partial charge in [0.1, 0.15) is 11.5 Å². The molecule has 27 heavy (non-hydrogen) atoms. The highest BCUT2D eigenvalue weighted by molar-refractivity contribution is 9.10. The number of carbonyl (C=O) groups excluding carboxylic acids is 1. The third kappa shape index (κ3) is 4.42. The van der Waals surface area contributed by atoms with Gasteiger partial charge in [-0.25, -0.2) is 4.98 Å². The Hall–Kier alpha value is -2.10. The molecule has 0 spiro atoms. The van der Waals surface area contributed by atoms with E-state index in [1.807, 2.05) is 6.92 Å². The van der Waals surface area contributed by atoms with Crippen molar-refractivity contribution in [3.8, 4) is 0 Å². The lowest BCUT2D eigenvalue weighted by atomic mass is 10.0. The van der Waals surface area contributed by atoms with E-state index < -0.39 is 11.7 Å². The number of carbonyl (C=O) groups is 1. The number of piperidine rings is 1. The molecule has 1 aliphatic rings. The molecule has 3 heterocycles. The molecule has 0 radical (unpaired) electrons. The maximum atomic E-state index is 13.3. The molecule has 0 saturated carbocycles. The molecule has 1 fully saturated rings. The van der Waals surface area contributed by atoms with Crippen LogP contribution < -0.4 is 10.2 Å². The van der Waals surface area contributed by atoms with Gasteiger partial charge in [0.15, 0.2) is 0 Å².